The van der Waals surface area contributed by atoms with Crippen LogP contribution in [0.15, 0.2) is 0 Å². The van der Waals surface area contributed by atoms with Crippen LogP contribution < -0.4 is 0 Å². The molecular formula is C10H32N2O24P8. The number of hydrogen-bond donors (Lipinski definition) is 16. The second kappa shape index (κ2) is 15.3. The predicted molar refractivity (Wildman–Crippen MR) is 143 cm³/mol. The molecule has 0 aromatic rings. The highest BCUT2D eigenvalue weighted by molar-refractivity contribution is 7.72. The molecule has 0 spiro atoms. The molecule has 2 unspecified atom stereocenters. The first-order valence-corrected chi connectivity index (χ1v) is 24.0. The molecule has 0 amide bonds. The van der Waals surface area contributed by atoms with Crippen LogP contribution in [0.25, 0.3) is 0 Å². The van der Waals surface area contributed by atoms with Crippen LogP contribution in [-0.4, -0.2) is 110 Å². The molecule has 0 aliphatic carbocycles. The lowest BCUT2D eigenvalue weighted by Gasteiger charge is -2.37. The maximum Gasteiger partial charge on any atom is 0.412 e. The molecule has 16 N–H and O–H groups in total. The normalized spacial score (nSPS) is 16.7. The van der Waals surface area contributed by atoms with Gasteiger partial charge in [0.2, 0.25) is 0 Å². The van der Waals surface area contributed by atoms with Crippen molar-refractivity contribution in [1.29, 1.82) is 0 Å². The molecule has 0 saturated carbocycles. The number of nitrogens with zero attached hydrogens (tertiary/aromatic N) is 2. The molecule has 0 aliphatic heterocycles. The van der Waals surface area contributed by atoms with E-state index in [-0.39, 0.29) is 0 Å². The first-order chi connectivity index (χ1) is 19.0. The van der Waals surface area contributed by atoms with Gasteiger partial charge in [-0.15, -0.1) is 8.88 Å². The van der Waals surface area contributed by atoms with Crippen molar-refractivity contribution in [2.75, 3.05) is 0 Å². The molecular weight excluding hydrogens is 780 g/mol. The van der Waals surface area contributed by atoms with Gasteiger partial charge in [-0.1, -0.05) is 25.7 Å². The largest absolute Gasteiger partial charge is 0.412 e. The van der Waals surface area contributed by atoms with Gasteiger partial charge < -0.3 is 78.3 Å². The van der Waals surface area contributed by atoms with Gasteiger partial charge in [-0.2, -0.15) is 0 Å². The first-order valence-electron chi connectivity index (χ1n) is 11.0. The summed E-state index contributed by atoms with van der Waals surface area (Å²) in [5.74, 6) is 0. The second-order valence-electron chi connectivity index (χ2n) is 9.00. The molecule has 2 atom stereocenters. The van der Waals surface area contributed by atoms with Crippen molar-refractivity contribution < 1.29 is 115 Å². The fourth-order valence-corrected chi connectivity index (χ4v) is 16.1. The minimum Gasteiger partial charge on any atom is -0.324 e. The molecule has 0 saturated heterocycles. The van der Waals surface area contributed by atoms with E-state index >= 15 is 0 Å². The zero-order valence-corrected chi connectivity index (χ0v) is 28.6. The van der Waals surface area contributed by atoms with Crippen LogP contribution in [0, 0.1) is 0 Å². The highest BCUT2D eigenvalue weighted by Crippen LogP contribution is 2.70. The van der Waals surface area contributed by atoms with E-state index in [9.17, 15) is 115 Å². The molecule has 0 fully saturated rings. The molecule has 44 heavy (non-hydrogen) atoms. The molecule has 0 heterocycles. The zero-order chi connectivity index (χ0) is 35.7. The zero-order valence-electron chi connectivity index (χ0n) is 21.4. The van der Waals surface area contributed by atoms with Gasteiger partial charge in [0.1, 0.15) is 0 Å². The minimum atomic E-state index is -6.22. The molecule has 0 radical (unpaired) electrons. The van der Waals surface area contributed by atoms with E-state index in [1.807, 2.05) is 0 Å². The maximum absolute atomic E-state index is 11.8. The summed E-state index contributed by atoms with van der Waals surface area (Å²) in [5, 5.41) is -6.79. The summed E-state index contributed by atoms with van der Waals surface area (Å²) in [6, 6.07) is -5.83. The summed E-state index contributed by atoms with van der Waals surface area (Å²) < 4.78 is 92.4. The second-order valence-corrected chi connectivity index (χ2v) is 23.2. The van der Waals surface area contributed by atoms with E-state index in [2.05, 4.69) is 0 Å². The Bertz CT molecular complexity index is 1080. The third-order valence-corrected chi connectivity index (χ3v) is 19.3. The number of unbranched alkanes of at least 4 members (excludes halogenated alkanes) is 3. The van der Waals surface area contributed by atoms with Crippen molar-refractivity contribution in [3.8, 4) is 0 Å². The van der Waals surface area contributed by atoms with Gasteiger partial charge >= 0.3 is 61.4 Å². The Kier molecular flexibility index (Phi) is 15.7. The Balaban J connectivity index is 6.38. The SMILES string of the molecule is O=P(O)(O)C(C(CCCCCCC(C(P(=O)(O)O)P(=O)(O)O)N(P(=O)(O)O)P(=O)(O)O)N(P(=O)(O)O)P(=O)(O)O)P(=O)(O)O. The van der Waals surface area contributed by atoms with Crippen molar-refractivity contribution in [2.24, 2.45) is 0 Å². The highest BCUT2D eigenvalue weighted by atomic mass is 31.3. The smallest absolute Gasteiger partial charge is 0.324 e. The van der Waals surface area contributed by atoms with Gasteiger partial charge in [0.05, 0.1) is 12.1 Å². The van der Waals surface area contributed by atoms with Crippen molar-refractivity contribution in [2.45, 2.75) is 61.4 Å². The Hall–Kier alpha value is 1.12. The number of rotatable bonds is 19. The molecule has 266 valence electrons. The molecule has 0 aliphatic rings. The fraction of sp³-hybridized carbons (Fsp3) is 1.00. The van der Waals surface area contributed by atoms with Crippen molar-refractivity contribution in [1.82, 2.24) is 8.88 Å². The van der Waals surface area contributed by atoms with Crippen LogP contribution in [0.5, 0.6) is 0 Å². The molecule has 34 heteroatoms. The van der Waals surface area contributed by atoms with E-state index in [0.717, 1.165) is 0 Å². The third-order valence-electron chi connectivity index (χ3n) is 5.48. The van der Waals surface area contributed by atoms with Crippen LogP contribution in [-0.2, 0) is 36.5 Å². The van der Waals surface area contributed by atoms with Gasteiger partial charge in [0.25, 0.3) is 0 Å². The van der Waals surface area contributed by atoms with Crippen LogP contribution in [0.4, 0.5) is 0 Å². The third kappa shape index (κ3) is 13.9. The Labute approximate surface area is 246 Å². The van der Waals surface area contributed by atoms with Gasteiger partial charge in [-0.05, 0) is 12.8 Å². The van der Waals surface area contributed by atoms with E-state index < -0.39 is 132 Å². The van der Waals surface area contributed by atoms with Crippen molar-refractivity contribution >= 4 is 61.4 Å². The molecule has 26 nitrogen and oxygen atoms in total. The van der Waals surface area contributed by atoms with E-state index in [1.54, 1.807) is 0 Å². The minimum absolute atomic E-state index is 0.462. The molecule has 0 bridgehead atoms. The van der Waals surface area contributed by atoms with E-state index in [0.29, 0.717) is 0 Å². The summed E-state index contributed by atoms with van der Waals surface area (Å²) >= 11 is 0. The summed E-state index contributed by atoms with van der Waals surface area (Å²) in [6.07, 6.45) is -4.66. The Morgan fingerprint density at radius 1 is 0.341 bits per heavy atom. The van der Waals surface area contributed by atoms with Gasteiger partial charge in [0.15, 0.2) is 10.8 Å². The monoisotopic (exact) mass is 812 g/mol. The van der Waals surface area contributed by atoms with Crippen LogP contribution in [0.2, 0.25) is 0 Å². The fourth-order valence-electron chi connectivity index (χ4n) is 4.19. The lowest BCUT2D eigenvalue weighted by molar-refractivity contribution is 0.217. The predicted octanol–water partition coefficient (Wildman–Crippen LogP) is -1.60. The first kappa shape index (κ1) is 45.1. The van der Waals surface area contributed by atoms with E-state index in [1.165, 1.54) is 0 Å². The lowest BCUT2D eigenvalue weighted by Crippen LogP contribution is -2.40. The quantitative estimate of drug-likeness (QED) is 0.0516. The van der Waals surface area contributed by atoms with Gasteiger partial charge in [0, 0.05) is 0 Å². The van der Waals surface area contributed by atoms with Crippen LogP contribution >= 0.6 is 61.4 Å². The average Bonchev–Trinajstić information content (AvgIpc) is 2.60. The summed E-state index contributed by atoms with van der Waals surface area (Å²) in [4.78, 5) is 151. The lowest BCUT2D eigenvalue weighted by atomic mass is 10.1. The summed E-state index contributed by atoms with van der Waals surface area (Å²) in [6.45, 7) is 0. The van der Waals surface area contributed by atoms with Gasteiger partial charge in [-0.25, -0.2) is 18.3 Å². The Morgan fingerprint density at radius 2 is 0.523 bits per heavy atom. The van der Waals surface area contributed by atoms with Crippen molar-refractivity contribution in [3.63, 3.8) is 0 Å². The molecule has 0 aromatic carbocycles. The van der Waals surface area contributed by atoms with Crippen LogP contribution in [0.1, 0.15) is 38.5 Å². The molecule has 0 rings (SSSR count). The van der Waals surface area contributed by atoms with Gasteiger partial charge in [-0.3, -0.25) is 18.3 Å². The molecule has 0 aromatic heterocycles. The highest BCUT2D eigenvalue weighted by Gasteiger charge is 2.59. The maximum atomic E-state index is 11.8. The average molecular weight is 812 g/mol. The number of hydrogen-bond acceptors (Lipinski definition) is 8. The summed E-state index contributed by atoms with van der Waals surface area (Å²) in [5.41, 5.74) is 0. The summed E-state index contributed by atoms with van der Waals surface area (Å²) in [7, 11) is -49.3. The topological polar surface area (TPSA) is 467 Å². The Morgan fingerprint density at radius 3 is 0.659 bits per heavy atom. The standard InChI is InChI=1S/C10H32N2O24P8/c13-37(14,15)9(38(16,17)18)7(11(41(25,26)27)42(28,29)30)5-3-1-2-4-6-8(10(39(19,20)21)40(22,23)24)12(43(31,32)33)44(34,35)36/h7-10H,1-6H2,(H2,13,14,15)(H2,16,17,18)(H2,19,20,21)(H2,22,23,24)(H2,25,26,27)(H2,28,29,30)(H2,31,32,33)(H2,34,35,36). The van der Waals surface area contributed by atoms with Crippen molar-refractivity contribution in [3.05, 3.63) is 0 Å². The van der Waals surface area contributed by atoms with E-state index in [4.69, 9.17) is 0 Å². The van der Waals surface area contributed by atoms with Crippen LogP contribution in [0.3, 0.4) is 0 Å².